The SMILES string of the molecule is COC(=O)[C@]1(C)CCC[C@]2(C)c3cc(Br)c(C(C)C)cc3CC[C@@H]12. The smallest absolute Gasteiger partial charge is 0.311 e. The molecule has 3 rings (SSSR count). The Morgan fingerprint density at radius 2 is 2.00 bits per heavy atom. The lowest BCUT2D eigenvalue weighted by Gasteiger charge is -2.54. The molecular formula is C21H29BrO2. The highest BCUT2D eigenvalue weighted by Crippen LogP contribution is 2.58. The molecule has 2 aliphatic carbocycles. The minimum absolute atomic E-state index is 0.0280. The van der Waals surface area contributed by atoms with Gasteiger partial charge in [-0.1, -0.05) is 49.2 Å². The minimum atomic E-state index is -0.358. The largest absolute Gasteiger partial charge is 0.469 e. The quantitative estimate of drug-likeness (QED) is 0.598. The summed E-state index contributed by atoms with van der Waals surface area (Å²) in [6.07, 6.45) is 5.33. The Hall–Kier alpha value is -0.830. The number of carbonyl (C=O) groups is 1. The summed E-state index contributed by atoms with van der Waals surface area (Å²) in [6, 6.07) is 4.75. The van der Waals surface area contributed by atoms with Crippen molar-refractivity contribution in [2.24, 2.45) is 11.3 Å². The third kappa shape index (κ3) is 2.55. The number of rotatable bonds is 2. The fourth-order valence-corrected chi connectivity index (χ4v) is 6.23. The number of hydrogen-bond acceptors (Lipinski definition) is 2. The van der Waals surface area contributed by atoms with Crippen LogP contribution in [0.25, 0.3) is 0 Å². The van der Waals surface area contributed by atoms with Gasteiger partial charge in [-0.3, -0.25) is 4.79 Å². The zero-order valence-electron chi connectivity index (χ0n) is 15.5. The molecule has 24 heavy (non-hydrogen) atoms. The Balaban J connectivity index is 2.11. The van der Waals surface area contributed by atoms with Crippen LogP contribution in [0.15, 0.2) is 16.6 Å². The van der Waals surface area contributed by atoms with Crippen LogP contribution in [0.1, 0.15) is 76.0 Å². The first-order chi connectivity index (χ1) is 11.2. The van der Waals surface area contributed by atoms with Crippen LogP contribution >= 0.6 is 15.9 Å². The Morgan fingerprint density at radius 3 is 2.62 bits per heavy atom. The predicted octanol–water partition coefficient (Wildman–Crippen LogP) is 5.76. The highest BCUT2D eigenvalue weighted by Gasteiger charge is 2.55. The Bertz CT molecular complexity index is 666. The van der Waals surface area contributed by atoms with Crippen molar-refractivity contribution in [3.05, 3.63) is 33.3 Å². The van der Waals surface area contributed by atoms with E-state index in [1.54, 1.807) is 0 Å². The summed E-state index contributed by atoms with van der Waals surface area (Å²) < 4.78 is 6.41. The molecule has 132 valence electrons. The van der Waals surface area contributed by atoms with Gasteiger partial charge in [0.25, 0.3) is 0 Å². The van der Waals surface area contributed by atoms with Gasteiger partial charge in [-0.25, -0.2) is 0 Å². The normalized spacial score (nSPS) is 32.2. The van der Waals surface area contributed by atoms with E-state index in [2.05, 4.69) is 55.8 Å². The molecule has 0 spiro atoms. The van der Waals surface area contributed by atoms with E-state index in [9.17, 15) is 4.79 Å². The maximum absolute atomic E-state index is 12.6. The lowest BCUT2D eigenvalue weighted by molar-refractivity contribution is -0.161. The number of hydrogen-bond donors (Lipinski definition) is 0. The number of ether oxygens (including phenoxy) is 1. The summed E-state index contributed by atoms with van der Waals surface area (Å²) in [4.78, 5) is 12.6. The van der Waals surface area contributed by atoms with E-state index >= 15 is 0 Å². The highest BCUT2D eigenvalue weighted by molar-refractivity contribution is 9.10. The maximum Gasteiger partial charge on any atom is 0.311 e. The van der Waals surface area contributed by atoms with Gasteiger partial charge >= 0.3 is 5.97 Å². The van der Waals surface area contributed by atoms with Crippen LogP contribution in [0.2, 0.25) is 0 Å². The third-order valence-corrected chi connectivity index (χ3v) is 7.43. The molecule has 0 saturated heterocycles. The summed E-state index contributed by atoms with van der Waals surface area (Å²) in [5, 5.41) is 0. The molecule has 1 aromatic carbocycles. The van der Waals surface area contributed by atoms with Crippen LogP contribution in [-0.2, 0) is 21.4 Å². The van der Waals surface area contributed by atoms with Crippen molar-refractivity contribution in [3.8, 4) is 0 Å². The standard InChI is InChI=1S/C21H29BrO2/c1-13(2)15-11-14-7-8-18-20(3,16(14)12-17(15)22)9-6-10-21(18,4)19(23)24-5/h11-13,18H,6-10H2,1-5H3/t18-,20-,21-/m1/s1. The molecule has 0 radical (unpaired) electrons. The summed E-state index contributed by atoms with van der Waals surface area (Å²) >= 11 is 3.80. The van der Waals surface area contributed by atoms with Gasteiger partial charge in [-0.2, -0.15) is 0 Å². The molecule has 1 fully saturated rings. The average Bonchev–Trinajstić information content (AvgIpc) is 2.53. The predicted molar refractivity (Wildman–Crippen MR) is 101 cm³/mol. The third-order valence-electron chi connectivity index (χ3n) is 6.74. The molecule has 0 N–H and O–H groups in total. The summed E-state index contributed by atoms with van der Waals surface area (Å²) in [5.74, 6) is 0.845. The lowest BCUT2D eigenvalue weighted by Crippen LogP contribution is -2.52. The first kappa shape index (κ1) is 18.0. The minimum Gasteiger partial charge on any atom is -0.469 e. The van der Waals surface area contributed by atoms with Crippen LogP contribution < -0.4 is 0 Å². The van der Waals surface area contributed by atoms with E-state index in [0.717, 1.165) is 32.1 Å². The number of methoxy groups -OCH3 is 1. The molecule has 3 atom stereocenters. The van der Waals surface area contributed by atoms with E-state index in [0.29, 0.717) is 11.8 Å². The van der Waals surface area contributed by atoms with Crippen LogP contribution in [0, 0.1) is 11.3 Å². The average molecular weight is 393 g/mol. The van der Waals surface area contributed by atoms with Gasteiger partial charge in [0.1, 0.15) is 0 Å². The first-order valence-corrected chi connectivity index (χ1v) is 9.94. The number of fused-ring (bicyclic) bond motifs is 3. The lowest BCUT2D eigenvalue weighted by atomic mass is 9.49. The second-order valence-electron chi connectivity index (χ2n) is 8.46. The van der Waals surface area contributed by atoms with Gasteiger partial charge in [-0.05, 0) is 72.6 Å². The molecule has 0 unspecified atom stereocenters. The van der Waals surface area contributed by atoms with Crippen molar-refractivity contribution < 1.29 is 9.53 Å². The van der Waals surface area contributed by atoms with Crippen molar-refractivity contribution in [1.82, 2.24) is 0 Å². The Morgan fingerprint density at radius 1 is 1.29 bits per heavy atom. The maximum atomic E-state index is 12.6. The van der Waals surface area contributed by atoms with Crippen LogP contribution in [0.4, 0.5) is 0 Å². The zero-order chi connectivity index (χ0) is 17.7. The van der Waals surface area contributed by atoms with Crippen molar-refractivity contribution in [3.63, 3.8) is 0 Å². The monoisotopic (exact) mass is 392 g/mol. The van der Waals surface area contributed by atoms with Crippen LogP contribution in [-0.4, -0.2) is 13.1 Å². The van der Waals surface area contributed by atoms with E-state index in [4.69, 9.17) is 4.74 Å². The molecule has 0 bridgehead atoms. The van der Waals surface area contributed by atoms with Gasteiger partial charge < -0.3 is 4.74 Å². The summed E-state index contributed by atoms with van der Waals surface area (Å²) in [5.41, 5.74) is 4.03. The number of aryl methyl sites for hydroxylation is 1. The molecule has 0 aromatic heterocycles. The topological polar surface area (TPSA) is 26.3 Å². The van der Waals surface area contributed by atoms with Gasteiger partial charge in [0, 0.05) is 4.47 Å². The summed E-state index contributed by atoms with van der Waals surface area (Å²) in [6.45, 7) is 8.99. The zero-order valence-corrected chi connectivity index (χ0v) is 17.1. The number of esters is 1. The molecule has 2 nitrogen and oxygen atoms in total. The fourth-order valence-electron chi connectivity index (χ4n) is 5.43. The molecule has 0 aliphatic heterocycles. The van der Waals surface area contributed by atoms with Gasteiger partial charge in [0.2, 0.25) is 0 Å². The van der Waals surface area contributed by atoms with Crippen molar-refractivity contribution in [1.29, 1.82) is 0 Å². The van der Waals surface area contributed by atoms with Gasteiger partial charge in [-0.15, -0.1) is 0 Å². The summed E-state index contributed by atoms with van der Waals surface area (Å²) in [7, 11) is 1.53. The van der Waals surface area contributed by atoms with Crippen LogP contribution in [0.3, 0.4) is 0 Å². The molecule has 0 amide bonds. The first-order valence-electron chi connectivity index (χ1n) is 9.15. The van der Waals surface area contributed by atoms with Crippen molar-refractivity contribution in [2.75, 3.05) is 7.11 Å². The van der Waals surface area contributed by atoms with Crippen molar-refractivity contribution >= 4 is 21.9 Å². The number of benzene rings is 1. The van der Waals surface area contributed by atoms with E-state index < -0.39 is 0 Å². The number of carbonyl (C=O) groups excluding carboxylic acids is 1. The molecule has 0 heterocycles. The molecular weight excluding hydrogens is 364 g/mol. The Labute approximate surface area is 154 Å². The van der Waals surface area contributed by atoms with Gasteiger partial charge in [0.15, 0.2) is 0 Å². The molecule has 3 heteroatoms. The van der Waals surface area contributed by atoms with Crippen molar-refractivity contribution in [2.45, 2.75) is 71.1 Å². The van der Waals surface area contributed by atoms with E-state index in [1.165, 1.54) is 28.3 Å². The Kier molecular flexibility index (Phi) is 4.61. The molecule has 1 saturated carbocycles. The molecule has 1 aromatic rings. The molecule has 2 aliphatic rings. The van der Waals surface area contributed by atoms with Gasteiger partial charge in [0.05, 0.1) is 12.5 Å². The van der Waals surface area contributed by atoms with Crippen LogP contribution in [0.5, 0.6) is 0 Å². The number of halogens is 1. The highest BCUT2D eigenvalue weighted by atomic mass is 79.9. The second-order valence-corrected chi connectivity index (χ2v) is 9.31. The fraction of sp³-hybridized carbons (Fsp3) is 0.667. The van der Waals surface area contributed by atoms with E-state index in [1.807, 2.05) is 0 Å². The van der Waals surface area contributed by atoms with E-state index in [-0.39, 0.29) is 16.8 Å². The second kappa shape index (κ2) is 6.16.